The van der Waals surface area contributed by atoms with Crippen LogP contribution in [-0.2, 0) is 13.0 Å². The lowest BCUT2D eigenvalue weighted by Crippen LogP contribution is -3.13. The summed E-state index contributed by atoms with van der Waals surface area (Å²) in [6.45, 7) is 6.84. The molecule has 0 spiro atoms. The van der Waals surface area contributed by atoms with Crippen LogP contribution in [0.25, 0.3) is 11.0 Å². The standard InChI is InChI=1S/C22H24N2O3/c1-2-16-12-19-17(13-22(26)27-21(19)14-20(16)25)15-23-8-10-24(11-9-23)18-6-4-3-5-7-18/h3-7,12-14,25H,2,8-11,15H2,1H3/p+1. The summed E-state index contributed by atoms with van der Waals surface area (Å²) >= 11 is 0. The Morgan fingerprint density at radius 1 is 1.07 bits per heavy atom. The Morgan fingerprint density at radius 2 is 1.81 bits per heavy atom. The van der Waals surface area contributed by atoms with Gasteiger partial charge in [-0.1, -0.05) is 25.1 Å². The number of anilines is 1. The van der Waals surface area contributed by atoms with Crippen LogP contribution in [0.4, 0.5) is 5.69 Å². The molecule has 0 radical (unpaired) electrons. The van der Waals surface area contributed by atoms with Gasteiger partial charge >= 0.3 is 5.63 Å². The van der Waals surface area contributed by atoms with Crippen LogP contribution in [0.2, 0.25) is 0 Å². The van der Waals surface area contributed by atoms with Gasteiger partial charge in [0.25, 0.3) is 0 Å². The Kier molecular flexibility index (Phi) is 4.86. The number of aromatic hydroxyl groups is 1. The van der Waals surface area contributed by atoms with Crippen molar-refractivity contribution in [1.29, 1.82) is 0 Å². The minimum Gasteiger partial charge on any atom is -0.508 e. The number of para-hydroxylation sites is 1. The number of hydrogen-bond donors (Lipinski definition) is 2. The highest BCUT2D eigenvalue weighted by Crippen LogP contribution is 2.26. The summed E-state index contributed by atoms with van der Waals surface area (Å²) in [7, 11) is 0. The van der Waals surface area contributed by atoms with Crippen molar-refractivity contribution in [3.8, 4) is 5.75 Å². The highest BCUT2D eigenvalue weighted by atomic mass is 16.4. The van der Waals surface area contributed by atoms with Crippen LogP contribution in [0.15, 0.2) is 57.7 Å². The van der Waals surface area contributed by atoms with E-state index in [-0.39, 0.29) is 11.4 Å². The van der Waals surface area contributed by atoms with Crippen molar-refractivity contribution in [2.75, 3.05) is 31.1 Å². The average molecular weight is 365 g/mol. The molecule has 1 aliphatic heterocycles. The lowest BCUT2D eigenvalue weighted by molar-refractivity contribution is -0.914. The summed E-state index contributed by atoms with van der Waals surface area (Å²) in [5.74, 6) is 0.189. The van der Waals surface area contributed by atoms with Crippen molar-refractivity contribution in [3.05, 3.63) is 70.1 Å². The Balaban J connectivity index is 1.55. The van der Waals surface area contributed by atoms with Crippen LogP contribution in [0.1, 0.15) is 18.1 Å². The van der Waals surface area contributed by atoms with Crippen LogP contribution < -0.4 is 15.4 Å². The molecule has 5 heteroatoms. The first-order chi connectivity index (χ1) is 13.1. The molecule has 2 N–H and O–H groups in total. The predicted octanol–water partition coefficient (Wildman–Crippen LogP) is 1.97. The molecule has 0 atom stereocenters. The van der Waals surface area contributed by atoms with Gasteiger partial charge in [0.15, 0.2) is 0 Å². The number of rotatable bonds is 4. The van der Waals surface area contributed by atoms with Crippen LogP contribution in [0.3, 0.4) is 0 Å². The highest BCUT2D eigenvalue weighted by Gasteiger charge is 2.22. The first kappa shape index (κ1) is 17.6. The van der Waals surface area contributed by atoms with E-state index in [1.54, 1.807) is 12.1 Å². The van der Waals surface area contributed by atoms with Crippen molar-refractivity contribution < 1.29 is 14.4 Å². The number of hydrogen-bond acceptors (Lipinski definition) is 4. The second-order valence-corrected chi connectivity index (χ2v) is 7.17. The Hall–Kier alpha value is -2.79. The Bertz CT molecular complexity index is 990. The van der Waals surface area contributed by atoms with Gasteiger partial charge in [-0.25, -0.2) is 4.79 Å². The van der Waals surface area contributed by atoms with Gasteiger partial charge in [0.2, 0.25) is 0 Å². The molecule has 0 unspecified atom stereocenters. The minimum atomic E-state index is -0.358. The van der Waals surface area contributed by atoms with E-state index in [9.17, 15) is 9.90 Å². The van der Waals surface area contributed by atoms with E-state index in [1.807, 2.05) is 19.1 Å². The molecule has 4 rings (SSSR count). The maximum atomic E-state index is 12.0. The molecule has 1 aromatic heterocycles. The second-order valence-electron chi connectivity index (χ2n) is 7.17. The molecule has 27 heavy (non-hydrogen) atoms. The Morgan fingerprint density at radius 3 is 2.52 bits per heavy atom. The molecule has 5 nitrogen and oxygen atoms in total. The normalized spacial score (nSPS) is 15.4. The first-order valence-electron chi connectivity index (χ1n) is 9.56. The van der Waals surface area contributed by atoms with Gasteiger partial charge in [-0.3, -0.25) is 0 Å². The largest absolute Gasteiger partial charge is 0.508 e. The third kappa shape index (κ3) is 3.69. The summed E-state index contributed by atoms with van der Waals surface area (Å²) < 4.78 is 5.31. The van der Waals surface area contributed by atoms with Crippen molar-refractivity contribution in [1.82, 2.24) is 0 Å². The van der Waals surface area contributed by atoms with E-state index in [0.29, 0.717) is 5.58 Å². The third-order valence-corrected chi connectivity index (χ3v) is 5.44. The van der Waals surface area contributed by atoms with E-state index >= 15 is 0 Å². The summed E-state index contributed by atoms with van der Waals surface area (Å²) in [6.07, 6.45) is 0.739. The topological polar surface area (TPSA) is 58.1 Å². The Labute approximate surface area is 158 Å². The highest BCUT2D eigenvalue weighted by molar-refractivity contribution is 5.82. The molecule has 1 aliphatic rings. The molecule has 140 valence electrons. The maximum Gasteiger partial charge on any atom is 0.336 e. The summed E-state index contributed by atoms with van der Waals surface area (Å²) in [5.41, 5.74) is 3.25. The molecular formula is C22H25N2O3+. The second kappa shape index (κ2) is 7.45. The zero-order chi connectivity index (χ0) is 18.8. The van der Waals surface area contributed by atoms with Gasteiger partial charge in [0, 0.05) is 28.8 Å². The fourth-order valence-corrected chi connectivity index (χ4v) is 3.90. The number of benzene rings is 2. The monoisotopic (exact) mass is 365 g/mol. The molecule has 1 saturated heterocycles. The molecule has 1 fully saturated rings. The van der Waals surface area contributed by atoms with E-state index in [0.717, 1.165) is 55.7 Å². The number of piperazine rings is 1. The minimum absolute atomic E-state index is 0.189. The summed E-state index contributed by atoms with van der Waals surface area (Å²) in [6, 6.07) is 15.6. The lowest BCUT2D eigenvalue weighted by Gasteiger charge is -2.33. The van der Waals surface area contributed by atoms with Gasteiger partial charge in [-0.05, 0) is 30.2 Å². The first-order valence-corrected chi connectivity index (χ1v) is 9.56. The van der Waals surface area contributed by atoms with Crippen molar-refractivity contribution in [2.45, 2.75) is 19.9 Å². The number of phenols is 1. The predicted molar refractivity (Wildman–Crippen MR) is 107 cm³/mol. The molecule has 2 heterocycles. The molecule has 3 aromatic rings. The number of phenolic OH excluding ortho intramolecular Hbond substituents is 1. The molecule has 0 amide bonds. The van der Waals surface area contributed by atoms with E-state index in [1.165, 1.54) is 10.6 Å². The van der Waals surface area contributed by atoms with Gasteiger partial charge < -0.3 is 19.3 Å². The fraction of sp³-hybridized carbons (Fsp3) is 0.318. The lowest BCUT2D eigenvalue weighted by atomic mass is 10.0. The quantitative estimate of drug-likeness (QED) is 0.694. The van der Waals surface area contributed by atoms with Crippen LogP contribution in [0.5, 0.6) is 5.75 Å². The zero-order valence-corrected chi connectivity index (χ0v) is 15.6. The average Bonchev–Trinajstić information content (AvgIpc) is 2.68. The van der Waals surface area contributed by atoms with E-state index < -0.39 is 0 Å². The van der Waals surface area contributed by atoms with Crippen molar-refractivity contribution in [3.63, 3.8) is 0 Å². The van der Waals surface area contributed by atoms with Crippen LogP contribution in [0, 0.1) is 0 Å². The van der Waals surface area contributed by atoms with Gasteiger partial charge in [-0.2, -0.15) is 0 Å². The number of quaternary nitrogens is 1. The third-order valence-electron chi connectivity index (χ3n) is 5.44. The van der Waals surface area contributed by atoms with Gasteiger partial charge in [0.1, 0.15) is 17.9 Å². The van der Waals surface area contributed by atoms with Crippen molar-refractivity contribution in [2.24, 2.45) is 0 Å². The van der Waals surface area contributed by atoms with Gasteiger partial charge in [0.05, 0.1) is 26.2 Å². The van der Waals surface area contributed by atoms with Gasteiger partial charge in [-0.15, -0.1) is 0 Å². The molecule has 2 aromatic carbocycles. The molecule has 0 aliphatic carbocycles. The number of nitrogens with one attached hydrogen (secondary N) is 1. The summed E-state index contributed by atoms with van der Waals surface area (Å²) in [4.78, 5) is 15.9. The smallest absolute Gasteiger partial charge is 0.336 e. The number of nitrogens with zero attached hydrogens (tertiary/aromatic N) is 1. The molecule has 0 bridgehead atoms. The van der Waals surface area contributed by atoms with E-state index in [2.05, 4.69) is 29.2 Å². The number of fused-ring (bicyclic) bond motifs is 1. The molecular weight excluding hydrogens is 340 g/mol. The van der Waals surface area contributed by atoms with Crippen LogP contribution in [-0.4, -0.2) is 31.3 Å². The fourth-order valence-electron chi connectivity index (χ4n) is 3.90. The van der Waals surface area contributed by atoms with E-state index in [4.69, 9.17) is 4.42 Å². The number of aryl methyl sites for hydroxylation is 1. The van der Waals surface area contributed by atoms with Crippen LogP contribution >= 0.6 is 0 Å². The SMILES string of the molecule is CCc1cc2c(C[NH+]3CCN(c4ccccc4)CC3)cc(=O)oc2cc1O. The zero-order valence-electron chi connectivity index (χ0n) is 15.6. The molecule has 0 saturated carbocycles. The van der Waals surface area contributed by atoms with Crippen molar-refractivity contribution >= 4 is 16.7 Å². The maximum absolute atomic E-state index is 12.0. The summed E-state index contributed by atoms with van der Waals surface area (Å²) in [5, 5.41) is 11.0.